The summed E-state index contributed by atoms with van der Waals surface area (Å²) in [6.07, 6.45) is 7.05. The highest BCUT2D eigenvalue weighted by Crippen LogP contribution is 2.51. The van der Waals surface area contributed by atoms with Crippen molar-refractivity contribution in [2.24, 2.45) is 11.8 Å². The van der Waals surface area contributed by atoms with E-state index < -0.39 is 0 Å². The summed E-state index contributed by atoms with van der Waals surface area (Å²) in [4.78, 5) is 11.2. The van der Waals surface area contributed by atoms with Crippen molar-refractivity contribution >= 4 is 10.9 Å². The monoisotopic (exact) mass is 387 g/mol. The Labute approximate surface area is 172 Å². The minimum Gasteiger partial charge on any atom is -0.476 e. The van der Waals surface area contributed by atoms with Crippen molar-refractivity contribution in [1.29, 1.82) is 0 Å². The van der Waals surface area contributed by atoms with Gasteiger partial charge in [-0.25, -0.2) is 9.97 Å². The average molecular weight is 388 g/mol. The number of ether oxygens (including phenoxy) is 1. The molecule has 1 aliphatic heterocycles. The fourth-order valence-corrected chi connectivity index (χ4v) is 4.86. The normalized spacial score (nSPS) is 22.6. The topological polar surface area (TPSA) is 38.2 Å². The maximum Gasteiger partial charge on any atom is 0.224 e. The number of likely N-dealkylation sites (tertiary alicyclic amines) is 1. The van der Waals surface area contributed by atoms with E-state index in [4.69, 9.17) is 4.74 Å². The standard InChI is InChI=1S/C25H29N3O/c1-2-6-20(7-3-1)23-17-21(23)16-19-10-12-28(13-11-19)14-15-29-25-22-8-4-5-9-24(22)26-18-27-25/h1-9,18-19,21,23H,10-17H2/t21-,23+/m1/s1. The first kappa shape index (κ1) is 18.6. The molecule has 2 fully saturated rings. The summed E-state index contributed by atoms with van der Waals surface area (Å²) in [6, 6.07) is 19.1. The predicted molar refractivity (Wildman–Crippen MR) is 116 cm³/mol. The van der Waals surface area contributed by atoms with Gasteiger partial charge in [-0.2, -0.15) is 0 Å². The summed E-state index contributed by atoms with van der Waals surface area (Å²) < 4.78 is 5.99. The van der Waals surface area contributed by atoms with Crippen LogP contribution in [0.15, 0.2) is 60.9 Å². The maximum atomic E-state index is 5.99. The van der Waals surface area contributed by atoms with Gasteiger partial charge in [0.1, 0.15) is 12.9 Å². The number of hydrogen-bond donors (Lipinski definition) is 0. The SMILES string of the molecule is c1ccc([C@@H]2C[C@H]2CC2CCN(CCOc3ncnc4ccccc34)CC2)cc1. The Morgan fingerprint density at radius 2 is 1.72 bits per heavy atom. The molecule has 4 heteroatoms. The Morgan fingerprint density at radius 1 is 0.931 bits per heavy atom. The highest BCUT2D eigenvalue weighted by molar-refractivity contribution is 5.82. The van der Waals surface area contributed by atoms with Crippen molar-refractivity contribution in [3.63, 3.8) is 0 Å². The van der Waals surface area contributed by atoms with Gasteiger partial charge in [0.15, 0.2) is 0 Å². The van der Waals surface area contributed by atoms with E-state index in [0.717, 1.165) is 35.2 Å². The Bertz CT molecular complexity index is 932. The highest BCUT2D eigenvalue weighted by Gasteiger charge is 2.39. The van der Waals surface area contributed by atoms with Gasteiger partial charge >= 0.3 is 0 Å². The summed E-state index contributed by atoms with van der Waals surface area (Å²) in [5, 5.41) is 0.992. The first-order valence-electron chi connectivity index (χ1n) is 11.0. The molecule has 3 aromatic rings. The number of aromatic nitrogens is 2. The van der Waals surface area contributed by atoms with Gasteiger partial charge in [-0.05, 0) is 74.2 Å². The van der Waals surface area contributed by atoms with Gasteiger partial charge < -0.3 is 4.74 Å². The molecular formula is C25H29N3O. The van der Waals surface area contributed by atoms with Crippen molar-refractivity contribution in [2.45, 2.75) is 31.6 Å². The molecule has 1 aliphatic carbocycles. The number of rotatable bonds is 7. The van der Waals surface area contributed by atoms with Gasteiger partial charge in [0.2, 0.25) is 5.88 Å². The minimum absolute atomic E-state index is 0.685. The van der Waals surface area contributed by atoms with Gasteiger partial charge in [-0.3, -0.25) is 4.90 Å². The number of nitrogens with zero attached hydrogens (tertiary/aromatic N) is 3. The lowest BCUT2D eigenvalue weighted by Gasteiger charge is -2.32. The Morgan fingerprint density at radius 3 is 2.59 bits per heavy atom. The molecule has 5 rings (SSSR count). The zero-order chi connectivity index (χ0) is 19.5. The Hall–Kier alpha value is -2.46. The van der Waals surface area contributed by atoms with E-state index in [0.29, 0.717) is 12.5 Å². The summed E-state index contributed by atoms with van der Waals surface area (Å²) in [5.74, 6) is 3.34. The summed E-state index contributed by atoms with van der Waals surface area (Å²) in [5.41, 5.74) is 2.48. The average Bonchev–Trinajstić information content (AvgIpc) is 3.55. The smallest absolute Gasteiger partial charge is 0.224 e. The van der Waals surface area contributed by atoms with Crippen LogP contribution in [0, 0.1) is 11.8 Å². The summed E-state index contributed by atoms with van der Waals surface area (Å²) >= 11 is 0. The molecule has 2 heterocycles. The number of hydrogen-bond acceptors (Lipinski definition) is 4. The van der Waals surface area contributed by atoms with Crippen molar-refractivity contribution < 1.29 is 4.74 Å². The molecule has 1 saturated heterocycles. The highest BCUT2D eigenvalue weighted by atomic mass is 16.5. The lowest BCUT2D eigenvalue weighted by atomic mass is 9.90. The Kier molecular flexibility index (Phi) is 5.44. The maximum absolute atomic E-state index is 5.99. The van der Waals surface area contributed by atoms with E-state index in [2.05, 4.69) is 45.2 Å². The third-order valence-corrected chi connectivity index (χ3v) is 6.65. The first-order valence-corrected chi connectivity index (χ1v) is 11.0. The van der Waals surface area contributed by atoms with E-state index in [1.807, 2.05) is 24.3 Å². The molecule has 0 radical (unpaired) electrons. The molecule has 0 amide bonds. The van der Waals surface area contributed by atoms with Crippen LogP contribution < -0.4 is 4.74 Å². The zero-order valence-electron chi connectivity index (χ0n) is 16.9. The Balaban J connectivity index is 1.05. The lowest BCUT2D eigenvalue weighted by Crippen LogP contribution is -2.36. The van der Waals surface area contributed by atoms with E-state index in [1.165, 1.54) is 38.8 Å². The van der Waals surface area contributed by atoms with Gasteiger partial charge in [-0.15, -0.1) is 0 Å². The molecular weight excluding hydrogens is 358 g/mol. The summed E-state index contributed by atoms with van der Waals surface area (Å²) in [7, 11) is 0. The third-order valence-electron chi connectivity index (χ3n) is 6.65. The molecule has 2 aromatic carbocycles. The molecule has 0 unspecified atom stereocenters. The van der Waals surface area contributed by atoms with Gasteiger partial charge in [0.05, 0.1) is 10.9 Å². The molecule has 1 aromatic heterocycles. The second kappa shape index (κ2) is 8.50. The molecule has 2 atom stereocenters. The van der Waals surface area contributed by atoms with Crippen LogP contribution in [0.5, 0.6) is 5.88 Å². The van der Waals surface area contributed by atoms with Crippen molar-refractivity contribution in [2.75, 3.05) is 26.2 Å². The van der Waals surface area contributed by atoms with E-state index in [1.54, 1.807) is 11.9 Å². The van der Waals surface area contributed by atoms with Crippen LogP contribution >= 0.6 is 0 Å². The van der Waals surface area contributed by atoms with Crippen molar-refractivity contribution in [3.8, 4) is 5.88 Å². The van der Waals surface area contributed by atoms with E-state index in [9.17, 15) is 0 Å². The molecule has 1 saturated carbocycles. The fraction of sp³-hybridized carbons (Fsp3) is 0.440. The largest absolute Gasteiger partial charge is 0.476 e. The summed E-state index contributed by atoms with van der Waals surface area (Å²) in [6.45, 7) is 4.05. The van der Waals surface area contributed by atoms with Crippen LogP contribution in [0.4, 0.5) is 0 Å². The first-order chi connectivity index (χ1) is 14.4. The molecule has 0 bridgehead atoms. The van der Waals surface area contributed by atoms with E-state index in [-0.39, 0.29) is 0 Å². The van der Waals surface area contributed by atoms with Crippen LogP contribution in [-0.2, 0) is 0 Å². The van der Waals surface area contributed by atoms with Crippen molar-refractivity contribution in [3.05, 3.63) is 66.5 Å². The molecule has 29 heavy (non-hydrogen) atoms. The second-order valence-corrected chi connectivity index (χ2v) is 8.58. The molecule has 2 aliphatic rings. The number of piperidine rings is 1. The molecule has 4 nitrogen and oxygen atoms in total. The second-order valence-electron chi connectivity index (χ2n) is 8.58. The number of benzene rings is 2. The van der Waals surface area contributed by atoms with Crippen LogP contribution in [-0.4, -0.2) is 41.1 Å². The molecule has 0 spiro atoms. The minimum atomic E-state index is 0.685. The van der Waals surface area contributed by atoms with Crippen LogP contribution in [0.2, 0.25) is 0 Å². The quantitative estimate of drug-likeness (QED) is 0.577. The van der Waals surface area contributed by atoms with Gasteiger partial charge in [-0.1, -0.05) is 42.5 Å². The molecule has 150 valence electrons. The predicted octanol–water partition coefficient (Wildman–Crippen LogP) is 4.91. The van der Waals surface area contributed by atoms with Gasteiger partial charge in [0.25, 0.3) is 0 Å². The van der Waals surface area contributed by atoms with Gasteiger partial charge in [0, 0.05) is 6.54 Å². The number of para-hydroxylation sites is 1. The number of fused-ring (bicyclic) bond motifs is 1. The zero-order valence-corrected chi connectivity index (χ0v) is 16.9. The van der Waals surface area contributed by atoms with E-state index >= 15 is 0 Å². The lowest BCUT2D eigenvalue weighted by molar-refractivity contribution is 0.148. The van der Waals surface area contributed by atoms with Crippen molar-refractivity contribution in [1.82, 2.24) is 14.9 Å². The fourth-order valence-electron chi connectivity index (χ4n) is 4.86. The molecule has 0 N–H and O–H groups in total. The third kappa shape index (κ3) is 4.43. The van der Waals surface area contributed by atoms with Crippen LogP contribution in [0.3, 0.4) is 0 Å². The van der Waals surface area contributed by atoms with Crippen LogP contribution in [0.25, 0.3) is 10.9 Å². The van der Waals surface area contributed by atoms with Crippen LogP contribution in [0.1, 0.15) is 37.2 Å².